The first-order chi connectivity index (χ1) is 8.54. The van der Waals surface area contributed by atoms with Crippen LogP contribution >= 0.6 is 0 Å². The molecule has 0 heterocycles. The fraction of sp³-hybridized carbons (Fsp3) is 0.625. The first kappa shape index (κ1) is 15.7. The van der Waals surface area contributed by atoms with Gasteiger partial charge in [-0.15, -0.1) is 0 Å². The summed E-state index contributed by atoms with van der Waals surface area (Å²) in [5.41, 5.74) is 1.50. The normalized spacial score (nSPS) is 12.4. The molecule has 0 fully saturated rings. The second kappa shape index (κ2) is 4.95. The maximum absolute atomic E-state index is 10.4. The second-order valence-corrected chi connectivity index (χ2v) is 6.88. The average molecular weight is 266 g/mol. The first-order valence-electron chi connectivity index (χ1n) is 6.53. The van der Waals surface area contributed by atoms with Gasteiger partial charge in [0.2, 0.25) is 0 Å². The summed E-state index contributed by atoms with van der Waals surface area (Å²) in [6, 6.07) is 1.86. The Labute approximate surface area is 116 Å². The molecular weight excluding hydrogens is 240 g/mol. The van der Waals surface area contributed by atoms with Crippen molar-refractivity contribution in [3.05, 3.63) is 17.2 Å². The molecule has 1 aromatic rings. The van der Waals surface area contributed by atoms with Gasteiger partial charge in [-0.25, -0.2) is 0 Å². The van der Waals surface area contributed by atoms with Gasteiger partial charge in [0.15, 0.2) is 11.5 Å². The lowest BCUT2D eigenvalue weighted by molar-refractivity contribution is 0.340. The molecule has 0 aliphatic heterocycles. The molecule has 0 saturated heterocycles. The predicted molar refractivity (Wildman–Crippen MR) is 78.6 cm³/mol. The van der Waals surface area contributed by atoms with Crippen molar-refractivity contribution in [2.24, 2.45) is 0 Å². The highest BCUT2D eigenvalue weighted by Crippen LogP contribution is 2.48. The van der Waals surface area contributed by atoms with E-state index in [2.05, 4.69) is 41.5 Å². The minimum Gasteiger partial charge on any atom is -0.504 e. The number of ether oxygens (including phenoxy) is 2. The molecule has 0 saturated carbocycles. The molecule has 0 atom stereocenters. The van der Waals surface area contributed by atoms with Crippen LogP contribution in [0.25, 0.3) is 0 Å². The number of phenols is 1. The molecule has 1 aromatic carbocycles. The maximum Gasteiger partial charge on any atom is 0.165 e. The predicted octanol–water partition coefficient (Wildman–Crippen LogP) is 4.00. The number of hydrogen-bond acceptors (Lipinski definition) is 3. The maximum atomic E-state index is 10.4. The number of aromatic hydroxyl groups is 1. The summed E-state index contributed by atoms with van der Waals surface area (Å²) >= 11 is 0. The number of rotatable bonds is 2. The quantitative estimate of drug-likeness (QED) is 0.879. The van der Waals surface area contributed by atoms with Gasteiger partial charge >= 0.3 is 0 Å². The average Bonchev–Trinajstić information content (AvgIpc) is 2.24. The molecule has 0 unspecified atom stereocenters. The van der Waals surface area contributed by atoms with Crippen LogP contribution in [0.5, 0.6) is 17.2 Å². The fourth-order valence-electron chi connectivity index (χ4n) is 2.25. The summed E-state index contributed by atoms with van der Waals surface area (Å²) in [5.74, 6) is 1.41. The summed E-state index contributed by atoms with van der Waals surface area (Å²) in [6.07, 6.45) is 0. The molecule has 0 bridgehead atoms. The van der Waals surface area contributed by atoms with E-state index < -0.39 is 0 Å². The van der Waals surface area contributed by atoms with E-state index >= 15 is 0 Å². The van der Waals surface area contributed by atoms with E-state index in [1.807, 2.05) is 6.07 Å². The van der Waals surface area contributed by atoms with Crippen LogP contribution in [0.4, 0.5) is 0 Å². The zero-order valence-corrected chi connectivity index (χ0v) is 13.3. The van der Waals surface area contributed by atoms with Gasteiger partial charge in [0.05, 0.1) is 14.2 Å². The van der Waals surface area contributed by atoms with E-state index in [1.165, 1.54) is 0 Å². The van der Waals surface area contributed by atoms with Gasteiger partial charge in [-0.2, -0.15) is 0 Å². The number of hydrogen-bond donors (Lipinski definition) is 1. The van der Waals surface area contributed by atoms with E-state index in [-0.39, 0.29) is 16.6 Å². The lowest BCUT2D eigenvalue weighted by Crippen LogP contribution is -2.19. The molecule has 0 amide bonds. The zero-order valence-electron chi connectivity index (χ0n) is 13.3. The van der Waals surface area contributed by atoms with Gasteiger partial charge in [-0.05, 0) is 16.9 Å². The summed E-state index contributed by atoms with van der Waals surface area (Å²) < 4.78 is 10.9. The highest BCUT2D eigenvalue weighted by atomic mass is 16.5. The van der Waals surface area contributed by atoms with E-state index in [1.54, 1.807) is 14.2 Å². The van der Waals surface area contributed by atoms with Crippen molar-refractivity contribution in [1.29, 1.82) is 0 Å². The molecular formula is C16H26O3. The number of methoxy groups -OCH3 is 2. The molecule has 108 valence electrons. The van der Waals surface area contributed by atoms with Crippen LogP contribution in [0.15, 0.2) is 6.07 Å². The number of phenolic OH excluding ortho intramolecular Hbond substituents is 1. The third kappa shape index (κ3) is 2.96. The van der Waals surface area contributed by atoms with E-state index in [0.717, 1.165) is 16.9 Å². The Bertz CT molecular complexity index is 462. The summed E-state index contributed by atoms with van der Waals surface area (Å²) in [7, 11) is 3.21. The van der Waals surface area contributed by atoms with Crippen molar-refractivity contribution in [3.8, 4) is 17.2 Å². The largest absolute Gasteiger partial charge is 0.504 e. The zero-order chi connectivity index (χ0) is 15.0. The van der Waals surface area contributed by atoms with Gasteiger partial charge in [0, 0.05) is 11.1 Å². The Morgan fingerprint density at radius 3 is 1.74 bits per heavy atom. The van der Waals surface area contributed by atoms with E-state index in [9.17, 15) is 5.11 Å². The Hall–Kier alpha value is -1.38. The summed E-state index contributed by atoms with van der Waals surface area (Å²) in [4.78, 5) is 0. The van der Waals surface area contributed by atoms with Crippen LogP contribution in [-0.4, -0.2) is 19.3 Å². The lowest BCUT2D eigenvalue weighted by Gasteiger charge is -2.30. The fourth-order valence-corrected chi connectivity index (χ4v) is 2.25. The summed E-state index contributed by atoms with van der Waals surface area (Å²) in [5, 5.41) is 10.4. The Morgan fingerprint density at radius 1 is 0.895 bits per heavy atom. The second-order valence-electron chi connectivity index (χ2n) is 6.88. The molecule has 1 rings (SSSR count). The van der Waals surface area contributed by atoms with E-state index in [0.29, 0.717) is 5.75 Å². The molecule has 3 heteroatoms. The number of benzene rings is 1. The molecule has 0 aliphatic carbocycles. The standard InChI is InChI=1S/C16H26O3/c1-15(2,3)10-9-11(18-7)13(17)12(14(10)19-8)16(4,5)6/h9,17H,1-8H3. The molecule has 19 heavy (non-hydrogen) atoms. The van der Waals surface area contributed by atoms with Crippen molar-refractivity contribution in [1.82, 2.24) is 0 Å². The van der Waals surface area contributed by atoms with Crippen LogP contribution in [0.3, 0.4) is 0 Å². The monoisotopic (exact) mass is 266 g/mol. The van der Waals surface area contributed by atoms with Gasteiger partial charge < -0.3 is 14.6 Å². The summed E-state index contributed by atoms with van der Waals surface area (Å²) in [6.45, 7) is 12.5. The van der Waals surface area contributed by atoms with Crippen molar-refractivity contribution < 1.29 is 14.6 Å². The van der Waals surface area contributed by atoms with Gasteiger partial charge in [0.25, 0.3) is 0 Å². The van der Waals surface area contributed by atoms with Crippen LogP contribution in [0.1, 0.15) is 52.7 Å². The molecule has 1 N–H and O–H groups in total. The lowest BCUT2D eigenvalue weighted by atomic mass is 9.78. The SMILES string of the molecule is COc1cc(C(C)(C)C)c(OC)c(C(C)(C)C)c1O. The van der Waals surface area contributed by atoms with E-state index in [4.69, 9.17) is 9.47 Å². The Kier molecular flexibility index (Phi) is 4.08. The minimum absolute atomic E-state index is 0.0909. The molecule has 0 aromatic heterocycles. The van der Waals surface area contributed by atoms with Gasteiger partial charge in [0.1, 0.15) is 5.75 Å². The Morgan fingerprint density at radius 2 is 1.42 bits per heavy atom. The smallest absolute Gasteiger partial charge is 0.165 e. The Balaban J connectivity index is 3.78. The van der Waals surface area contributed by atoms with Gasteiger partial charge in [-0.3, -0.25) is 0 Å². The van der Waals surface area contributed by atoms with Crippen LogP contribution in [0, 0.1) is 0 Å². The minimum atomic E-state index is -0.232. The highest BCUT2D eigenvalue weighted by Gasteiger charge is 2.31. The van der Waals surface area contributed by atoms with Gasteiger partial charge in [-0.1, -0.05) is 41.5 Å². The first-order valence-corrected chi connectivity index (χ1v) is 6.53. The third-order valence-corrected chi connectivity index (χ3v) is 3.20. The third-order valence-electron chi connectivity index (χ3n) is 3.20. The molecule has 0 spiro atoms. The highest BCUT2D eigenvalue weighted by molar-refractivity contribution is 5.61. The molecule has 0 aliphatic rings. The van der Waals surface area contributed by atoms with Crippen LogP contribution < -0.4 is 9.47 Å². The van der Waals surface area contributed by atoms with Crippen molar-refractivity contribution >= 4 is 0 Å². The molecule has 0 radical (unpaired) electrons. The van der Waals surface area contributed by atoms with Crippen molar-refractivity contribution in [2.75, 3.05) is 14.2 Å². The van der Waals surface area contributed by atoms with Crippen LogP contribution in [-0.2, 0) is 10.8 Å². The van der Waals surface area contributed by atoms with Crippen molar-refractivity contribution in [2.45, 2.75) is 52.4 Å². The topological polar surface area (TPSA) is 38.7 Å². The van der Waals surface area contributed by atoms with Crippen molar-refractivity contribution in [3.63, 3.8) is 0 Å². The molecule has 3 nitrogen and oxygen atoms in total. The van der Waals surface area contributed by atoms with Crippen LogP contribution in [0.2, 0.25) is 0 Å².